The zero-order valence-electron chi connectivity index (χ0n) is 13.3. The second-order valence-corrected chi connectivity index (χ2v) is 6.55. The summed E-state index contributed by atoms with van der Waals surface area (Å²) in [4.78, 5) is 0. The van der Waals surface area contributed by atoms with E-state index < -0.39 is 0 Å². The molecule has 2 heteroatoms. The van der Waals surface area contributed by atoms with Gasteiger partial charge in [-0.1, -0.05) is 48.2 Å². The first-order valence-corrected chi connectivity index (χ1v) is 8.61. The van der Waals surface area contributed by atoms with Crippen LogP contribution in [0.25, 0.3) is 21.8 Å². The van der Waals surface area contributed by atoms with Crippen molar-refractivity contribution in [2.75, 3.05) is 0 Å². The summed E-state index contributed by atoms with van der Waals surface area (Å²) in [5.41, 5.74) is 4.45. The number of hydrogen-bond acceptors (Lipinski definition) is 0. The van der Waals surface area contributed by atoms with Crippen molar-refractivity contribution in [2.24, 2.45) is 7.05 Å². The summed E-state index contributed by atoms with van der Waals surface area (Å²) < 4.78 is 3.25. The molecule has 4 aromatic rings. The predicted molar refractivity (Wildman–Crippen MR) is 103 cm³/mol. The third-order valence-corrected chi connectivity index (χ3v) is 4.96. The topological polar surface area (TPSA) is 3.88 Å². The Hall–Kier alpha value is -2.63. The van der Waals surface area contributed by atoms with Crippen molar-refractivity contribution >= 4 is 37.7 Å². The van der Waals surface area contributed by atoms with Gasteiger partial charge in [-0.25, -0.2) is 0 Å². The normalized spacial score (nSPS) is 10.6. The molecular formula is C22H15BrN+. The molecule has 0 radical (unpaired) electrons. The van der Waals surface area contributed by atoms with E-state index in [0.29, 0.717) is 0 Å². The fraction of sp³-hybridized carbons (Fsp3) is 0.0455. The van der Waals surface area contributed by atoms with E-state index in [4.69, 9.17) is 0 Å². The van der Waals surface area contributed by atoms with Crippen LogP contribution in [-0.2, 0) is 7.05 Å². The number of aryl methyl sites for hydroxylation is 1. The second-order valence-electron chi connectivity index (χ2n) is 5.70. The SMILES string of the molecule is C[n+]1c2ccccc2c(C#Cc2ccccc2Br)c2ccccc21. The summed E-state index contributed by atoms with van der Waals surface area (Å²) in [6, 6.07) is 24.9. The summed E-state index contributed by atoms with van der Waals surface area (Å²) in [7, 11) is 2.11. The van der Waals surface area contributed by atoms with Crippen LogP contribution in [0.2, 0.25) is 0 Å². The molecule has 24 heavy (non-hydrogen) atoms. The number of nitrogens with zero attached hydrogens (tertiary/aromatic N) is 1. The molecule has 3 aromatic carbocycles. The molecule has 0 saturated carbocycles. The van der Waals surface area contributed by atoms with Crippen molar-refractivity contribution in [1.82, 2.24) is 0 Å². The molecule has 0 aliphatic carbocycles. The van der Waals surface area contributed by atoms with Crippen LogP contribution in [-0.4, -0.2) is 0 Å². The number of benzene rings is 3. The third kappa shape index (κ3) is 2.48. The van der Waals surface area contributed by atoms with Gasteiger partial charge >= 0.3 is 0 Å². The van der Waals surface area contributed by atoms with Crippen molar-refractivity contribution in [1.29, 1.82) is 0 Å². The smallest absolute Gasteiger partial charge is 0.194 e. The van der Waals surface area contributed by atoms with Crippen molar-refractivity contribution in [3.63, 3.8) is 0 Å². The lowest BCUT2D eigenvalue weighted by atomic mass is 10.0. The van der Waals surface area contributed by atoms with Gasteiger partial charge in [-0.2, -0.15) is 4.57 Å². The van der Waals surface area contributed by atoms with Gasteiger partial charge in [-0.15, -0.1) is 0 Å². The molecule has 1 aromatic heterocycles. The molecule has 0 unspecified atom stereocenters. The molecule has 1 heterocycles. The number of aromatic nitrogens is 1. The number of pyridine rings is 1. The number of fused-ring (bicyclic) bond motifs is 2. The first kappa shape index (κ1) is 14.9. The van der Waals surface area contributed by atoms with Crippen LogP contribution < -0.4 is 4.57 Å². The fourth-order valence-corrected chi connectivity index (χ4v) is 3.44. The van der Waals surface area contributed by atoms with E-state index in [1.165, 1.54) is 21.8 Å². The van der Waals surface area contributed by atoms with Crippen molar-refractivity contribution in [3.05, 3.63) is 88.4 Å². The Morgan fingerprint density at radius 1 is 0.708 bits per heavy atom. The lowest BCUT2D eigenvalue weighted by molar-refractivity contribution is -0.617. The van der Waals surface area contributed by atoms with E-state index in [1.54, 1.807) is 0 Å². The van der Waals surface area contributed by atoms with Gasteiger partial charge in [0.05, 0.1) is 16.3 Å². The minimum atomic E-state index is 0.999. The van der Waals surface area contributed by atoms with Gasteiger partial charge in [-0.05, 0) is 40.2 Å². The van der Waals surface area contributed by atoms with Crippen molar-refractivity contribution < 1.29 is 4.57 Å². The average molecular weight is 373 g/mol. The van der Waals surface area contributed by atoms with E-state index in [1.807, 2.05) is 24.3 Å². The molecule has 0 spiro atoms. The number of rotatable bonds is 0. The first-order chi connectivity index (χ1) is 11.8. The molecule has 0 saturated heterocycles. The number of halogens is 1. The summed E-state index contributed by atoms with van der Waals surface area (Å²) in [5, 5.41) is 2.36. The van der Waals surface area contributed by atoms with E-state index in [9.17, 15) is 0 Å². The van der Waals surface area contributed by atoms with E-state index in [2.05, 4.69) is 87.9 Å². The van der Waals surface area contributed by atoms with Crippen LogP contribution >= 0.6 is 15.9 Å². The fourth-order valence-electron chi connectivity index (χ4n) is 3.06. The molecular weight excluding hydrogens is 358 g/mol. The van der Waals surface area contributed by atoms with Crippen LogP contribution in [0.15, 0.2) is 77.3 Å². The lowest BCUT2D eigenvalue weighted by Gasteiger charge is -2.05. The highest BCUT2D eigenvalue weighted by atomic mass is 79.9. The molecule has 0 aliphatic heterocycles. The molecule has 0 N–H and O–H groups in total. The molecule has 0 amide bonds. The van der Waals surface area contributed by atoms with Gasteiger partial charge in [0.2, 0.25) is 11.0 Å². The molecule has 0 bridgehead atoms. The first-order valence-electron chi connectivity index (χ1n) is 7.82. The standard InChI is InChI=1S/C22H15BrN/c1-24-21-12-6-3-9-18(21)17(19-10-4-7-13-22(19)24)15-14-16-8-2-5-11-20(16)23/h2-13H,1H3/q+1. The van der Waals surface area contributed by atoms with Crippen molar-refractivity contribution in [3.8, 4) is 11.8 Å². The Labute approximate surface area is 149 Å². The minimum absolute atomic E-state index is 0.999. The maximum atomic E-state index is 3.57. The van der Waals surface area contributed by atoms with Gasteiger partial charge < -0.3 is 0 Å². The highest BCUT2D eigenvalue weighted by Gasteiger charge is 2.15. The maximum absolute atomic E-state index is 3.57. The molecule has 0 aliphatic rings. The minimum Gasteiger partial charge on any atom is -0.194 e. The maximum Gasteiger partial charge on any atom is 0.214 e. The molecule has 4 rings (SSSR count). The average Bonchev–Trinajstić information content (AvgIpc) is 2.63. The van der Waals surface area contributed by atoms with Crippen LogP contribution in [0.5, 0.6) is 0 Å². The lowest BCUT2D eigenvalue weighted by Crippen LogP contribution is -2.30. The highest BCUT2D eigenvalue weighted by Crippen LogP contribution is 2.24. The predicted octanol–water partition coefficient (Wildman–Crippen LogP) is 4.98. The summed E-state index contributed by atoms with van der Waals surface area (Å²) in [5.74, 6) is 6.75. The zero-order chi connectivity index (χ0) is 16.5. The zero-order valence-corrected chi connectivity index (χ0v) is 14.8. The molecule has 1 nitrogen and oxygen atoms in total. The van der Waals surface area contributed by atoms with Gasteiger partial charge in [0.15, 0.2) is 0 Å². The van der Waals surface area contributed by atoms with Gasteiger partial charge in [-0.3, -0.25) is 0 Å². The van der Waals surface area contributed by atoms with Gasteiger partial charge in [0.25, 0.3) is 0 Å². The Bertz CT molecular complexity index is 1080. The molecule has 0 atom stereocenters. The summed E-state index contributed by atoms with van der Waals surface area (Å²) in [6.07, 6.45) is 0. The monoisotopic (exact) mass is 372 g/mol. The summed E-state index contributed by atoms with van der Waals surface area (Å²) in [6.45, 7) is 0. The Morgan fingerprint density at radius 2 is 1.25 bits per heavy atom. The van der Waals surface area contributed by atoms with Crippen molar-refractivity contribution in [2.45, 2.75) is 0 Å². The molecule has 114 valence electrons. The third-order valence-electron chi connectivity index (χ3n) is 4.27. The van der Waals surface area contributed by atoms with E-state index >= 15 is 0 Å². The van der Waals surface area contributed by atoms with Gasteiger partial charge in [0, 0.05) is 22.2 Å². The largest absolute Gasteiger partial charge is 0.214 e. The Balaban J connectivity index is 2.07. The Kier molecular flexibility index (Phi) is 3.80. The van der Waals surface area contributed by atoms with E-state index in [0.717, 1.165) is 15.6 Å². The van der Waals surface area contributed by atoms with Gasteiger partial charge in [0.1, 0.15) is 7.05 Å². The number of hydrogen-bond donors (Lipinski definition) is 0. The van der Waals surface area contributed by atoms with Crippen LogP contribution in [0.1, 0.15) is 11.1 Å². The Morgan fingerprint density at radius 3 is 1.88 bits per heavy atom. The quantitative estimate of drug-likeness (QED) is 0.233. The summed E-state index contributed by atoms with van der Waals surface area (Å²) >= 11 is 3.57. The highest BCUT2D eigenvalue weighted by molar-refractivity contribution is 9.10. The number of para-hydroxylation sites is 2. The second kappa shape index (κ2) is 6.11. The molecule has 0 fully saturated rings. The van der Waals surface area contributed by atoms with E-state index in [-0.39, 0.29) is 0 Å². The van der Waals surface area contributed by atoms with Crippen LogP contribution in [0, 0.1) is 11.8 Å². The van der Waals surface area contributed by atoms with Crippen LogP contribution in [0.4, 0.5) is 0 Å². The van der Waals surface area contributed by atoms with Crippen LogP contribution in [0.3, 0.4) is 0 Å².